The molecule has 0 radical (unpaired) electrons. The molecule has 5 heterocycles. The van der Waals surface area contributed by atoms with Crippen molar-refractivity contribution in [2.75, 3.05) is 13.3 Å². The fourth-order valence-corrected chi connectivity index (χ4v) is 3.65. The summed E-state index contributed by atoms with van der Waals surface area (Å²) in [5.74, 6) is -0.442. The van der Waals surface area contributed by atoms with E-state index < -0.39 is 13.1 Å². The van der Waals surface area contributed by atoms with Gasteiger partial charge in [0.1, 0.15) is 29.6 Å². The van der Waals surface area contributed by atoms with Gasteiger partial charge in [0.15, 0.2) is 5.65 Å². The maximum Gasteiger partial charge on any atom is 0.221 e. The Morgan fingerprint density at radius 3 is 2.60 bits per heavy atom. The molecule has 10 nitrogen and oxygen atoms in total. The number of halogens is 1. The molecule has 0 aliphatic rings. The van der Waals surface area contributed by atoms with E-state index in [0.29, 0.717) is 40.3 Å². The lowest BCUT2D eigenvalue weighted by Gasteiger charge is -2.06. The quantitative estimate of drug-likeness (QED) is 0.402. The molecule has 5 aromatic rings. The third-order valence-corrected chi connectivity index (χ3v) is 5.87. The van der Waals surface area contributed by atoms with E-state index in [0.717, 1.165) is 5.56 Å². The van der Waals surface area contributed by atoms with E-state index in [1.165, 1.54) is 29.2 Å². The topological polar surface area (TPSA) is 117 Å². The normalized spacial score (nSPS) is 12.1. The van der Waals surface area contributed by atoms with Crippen LogP contribution in [0.2, 0.25) is 0 Å². The van der Waals surface area contributed by atoms with Crippen LogP contribution in [0.4, 0.5) is 4.39 Å². The Bertz CT molecular complexity index is 1440. The molecule has 5 rings (SSSR count). The van der Waals surface area contributed by atoms with Gasteiger partial charge in [-0.15, -0.1) is 5.10 Å². The minimum Gasteiger partial charge on any atom is -0.318 e. The van der Waals surface area contributed by atoms with Crippen LogP contribution in [-0.4, -0.2) is 57.6 Å². The van der Waals surface area contributed by atoms with Crippen molar-refractivity contribution in [1.29, 1.82) is 0 Å². The Labute approximate surface area is 169 Å². The van der Waals surface area contributed by atoms with Gasteiger partial charge in [0, 0.05) is 6.20 Å². The molecule has 0 unspecified atom stereocenters. The van der Waals surface area contributed by atoms with E-state index in [2.05, 4.69) is 35.2 Å². The first-order valence-electron chi connectivity index (χ1n) is 8.94. The van der Waals surface area contributed by atoms with Crippen LogP contribution in [0.25, 0.3) is 28.3 Å². The second kappa shape index (κ2) is 6.74. The van der Waals surface area contributed by atoms with Gasteiger partial charge in [0.25, 0.3) is 0 Å². The Balaban J connectivity index is 1.51. The van der Waals surface area contributed by atoms with E-state index in [9.17, 15) is 8.96 Å². The molecule has 0 atom stereocenters. The van der Waals surface area contributed by atoms with E-state index in [1.807, 2.05) is 6.07 Å². The molecule has 0 amide bonds. The highest BCUT2D eigenvalue weighted by atomic mass is 31.2. The van der Waals surface area contributed by atoms with Gasteiger partial charge in [-0.05, 0) is 25.0 Å². The lowest BCUT2D eigenvalue weighted by Crippen LogP contribution is -2.09. The SMILES string of the molecule is CP(C)(=O)c1cnc(-c2cnc3nnn(Cc4ccc5ncc(F)n5c4)c3n2)cn1. The lowest BCUT2D eigenvalue weighted by atomic mass is 10.3. The van der Waals surface area contributed by atoms with E-state index in [4.69, 9.17) is 0 Å². The molecule has 0 aliphatic heterocycles. The fraction of sp³-hybridized carbons (Fsp3) is 0.167. The second-order valence-electron chi connectivity index (χ2n) is 7.11. The van der Waals surface area contributed by atoms with Crippen molar-refractivity contribution >= 4 is 29.5 Å². The molecule has 0 saturated carbocycles. The number of pyridine rings is 1. The first-order valence-corrected chi connectivity index (χ1v) is 11.5. The summed E-state index contributed by atoms with van der Waals surface area (Å²) < 4.78 is 28.9. The molecule has 12 heteroatoms. The van der Waals surface area contributed by atoms with E-state index in [-0.39, 0.29) is 0 Å². The van der Waals surface area contributed by atoms with Crippen molar-refractivity contribution in [1.82, 2.24) is 44.3 Å². The van der Waals surface area contributed by atoms with Gasteiger partial charge in [-0.1, -0.05) is 11.3 Å². The highest BCUT2D eigenvalue weighted by Gasteiger charge is 2.15. The van der Waals surface area contributed by atoms with Crippen molar-refractivity contribution in [3.8, 4) is 11.4 Å². The van der Waals surface area contributed by atoms with E-state index >= 15 is 0 Å². The van der Waals surface area contributed by atoms with Crippen molar-refractivity contribution < 1.29 is 8.96 Å². The Kier molecular flexibility index (Phi) is 4.14. The molecule has 0 bridgehead atoms. The van der Waals surface area contributed by atoms with Gasteiger partial charge in [-0.3, -0.25) is 9.38 Å². The first-order chi connectivity index (χ1) is 14.4. The van der Waals surface area contributed by atoms with E-state index in [1.54, 1.807) is 30.3 Å². The van der Waals surface area contributed by atoms with Crippen LogP contribution in [0.5, 0.6) is 0 Å². The second-order valence-corrected chi connectivity index (χ2v) is 10.3. The van der Waals surface area contributed by atoms with Crippen LogP contribution >= 0.6 is 7.14 Å². The molecule has 0 saturated heterocycles. The standard InChI is InChI=1S/C18H15FN9OP/c1-30(2,29)16-8-20-12(5-22-16)13-6-23-17-18(24-13)28(26-25-17)10-11-3-4-15-21-7-14(19)27(15)9-11/h3-9H,10H2,1-2H3. The average molecular weight is 423 g/mol. The molecule has 0 aliphatic carbocycles. The predicted octanol–water partition coefficient (Wildman–Crippen LogP) is 1.76. The van der Waals surface area contributed by atoms with Crippen LogP contribution in [0.15, 0.2) is 43.1 Å². The summed E-state index contributed by atoms with van der Waals surface area (Å²) in [6.07, 6.45) is 7.38. The highest BCUT2D eigenvalue weighted by Crippen LogP contribution is 2.33. The minimum atomic E-state index is -2.49. The third-order valence-electron chi connectivity index (χ3n) is 4.53. The summed E-state index contributed by atoms with van der Waals surface area (Å²) in [6.45, 7) is 3.60. The molecule has 5 aromatic heterocycles. The molecule has 0 aromatic carbocycles. The minimum absolute atomic E-state index is 0.321. The first kappa shape index (κ1) is 18.4. The van der Waals surface area contributed by atoms with Crippen molar-refractivity contribution in [2.45, 2.75) is 6.54 Å². The Morgan fingerprint density at radius 1 is 1.00 bits per heavy atom. The summed E-state index contributed by atoms with van der Waals surface area (Å²) in [7, 11) is -2.49. The number of hydrogen-bond acceptors (Lipinski definition) is 8. The summed E-state index contributed by atoms with van der Waals surface area (Å²) in [6, 6.07) is 3.57. The number of rotatable bonds is 4. The summed E-state index contributed by atoms with van der Waals surface area (Å²) >= 11 is 0. The average Bonchev–Trinajstić information content (AvgIpc) is 3.31. The zero-order valence-corrected chi connectivity index (χ0v) is 16.9. The molecule has 0 spiro atoms. The van der Waals surface area contributed by atoms with Gasteiger partial charge in [0.05, 0.1) is 31.3 Å². The van der Waals surface area contributed by atoms with Crippen LogP contribution in [0, 0.1) is 5.95 Å². The molecule has 0 fully saturated rings. The van der Waals surface area contributed by atoms with Crippen molar-refractivity contribution in [3.05, 3.63) is 54.6 Å². The molecule has 30 heavy (non-hydrogen) atoms. The lowest BCUT2D eigenvalue weighted by molar-refractivity contribution is 0.570. The van der Waals surface area contributed by atoms with Crippen LogP contribution in [0.3, 0.4) is 0 Å². The van der Waals surface area contributed by atoms with Gasteiger partial charge < -0.3 is 4.57 Å². The monoisotopic (exact) mass is 423 g/mol. The largest absolute Gasteiger partial charge is 0.318 e. The smallest absolute Gasteiger partial charge is 0.221 e. The zero-order chi connectivity index (χ0) is 20.9. The summed E-state index contributed by atoms with van der Waals surface area (Å²) in [5.41, 5.74) is 3.59. The molecule has 0 N–H and O–H groups in total. The third kappa shape index (κ3) is 3.22. The van der Waals surface area contributed by atoms with Crippen LogP contribution in [-0.2, 0) is 11.1 Å². The number of hydrogen-bond donors (Lipinski definition) is 0. The maximum atomic E-state index is 13.8. The number of aromatic nitrogens is 9. The van der Waals surface area contributed by atoms with Crippen LogP contribution < -0.4 is 5.44 Å². The van der Waals surface area contributed by atoms with Crippen molar-refractivity contribution in [2.24, 2.45) is 0 Å². The molecule has 150 valence electrons. The van der Waals surface area contributed by atoms with Gasteiger partial charge in [-0.25, -0.2) is 24.6 Å². The predicted molar refractivity (Wildman–Crippen MR) is 107 cm³/mol. The summed E-state index contributed by atoms with van der Waals surface area (Å²) in [5, 5.41) is 8.15. The van der Waals surface area contributed by atoms with Gasteiger partial charge >= 0.3 is 0 Å². The number of imidazole rings is 1. The molecular formula is C18H15FN9OP. The number of fused-ring (bicyclic) bond motifs is 2. The highest BCUT2D eigenvalue weighted by molar-refractivity contribution is 7.69. The van der Waals surface area contributed by atoms with Crippen molar-refractivity contribution in [3.63, 3.8) is 0 Å². The van der Waals surface area contributed by atoms with Crippen LogP contribution in [0.1, 0.15) is 5.56 Å². The molecular weight excluding hydrogens is 408 g/mol. The van der Waals surface area contributed by atoms with Gasteiger partial charge in [-0.2, -0.15) is 4.39 Å². The Morgan fingerprint density at radius 2 is 1.83 bits per heavy atom. The Hall–Kier alpha value is -3.59. The fourth-order valence-electron chi connectivity index (χ4n) is 2.98. The maximum absolute atomic E-state index is 13.8. The summed E-state index contributed by atoms with van der Waals surface area (Å²) in [4.78, 5) is 21.4. The van der Waals surface area contributed by atoms with Gasteiger partial charge in [0.2, 0.25) is 11.6 Å². The zero-order valence-electron chi connectivity index (χ0n) is 16.0. The number of nitrogens with zero attached hydrogens (tertiary/aromatic N) is 9.